The van der Waals surface area contributed by atoms with Crippen LogP contribution in [0.4, 0.5) is 4.39 Å². The molecule has 1 unspecified atom stereocenters. The van der Waals surface area contributed by atoms with Crippen LogP contribution in [0.2, 0.25) is 0 Å². The summed E-state index contributed by atoms with van der Waals surface area (Å²) in [4.78, 5) is 33.7. The highest BCUT2D eigenvalue weighted by Gasteiger charge is 2.33. The van der Waals surface area contributed by atoms with Crippen molar-refractivity contribution in [2.75, 3.05) is 6.67 Å². The summed E-state index contributed by atoms with van der Waals surface area (Å²) in [6.07, 6.45) is 0.181. The summed E-state index contributed by atoms with van der Waals surface area (Å²) in [5.41, 5.74) is 6.81. The number of alkyl halides is 3. The number of carbonyl (C=O) groups is 1. The second-order valence-corrected chi connectivity index (χ2v) is 9.41. The van der Waals surface area contributed by atoms with Gasteiger partial charge >= 0.3 is 7.82 Å². The summed E-state index contributed by atoms with van der Waals surface area (Å²) in [6.45, 7) is 0.638. The first-order valence-corrected chi connectivity index (χ1v) is 11.4. The van der Waals surface area contributed by atoms with Crippen molar-refractivity contribution < 1.29 is 28.1 Å². The van der Waals surface area contributed by atoms with Crippen LogP contribution in [0, 0.1) is 0 Å². The molecule has 0 aliphatic heterocycles. The number of nitrogens with one attached hydrogen (secondary N) is 1. The van der Waals surface area contributed by atoms with Gasteiger partial charge in [0.1, 0.15) is 17.8 Å². The number of thiazole rings is 1. The number of nitrogens with two attached hydrogens (primary N) is 1. The molecule has 8 nitrogen and oxygen atoms in total. The van der Waals surface area contributed by atoms with Gasteiger partial charge in [-0.15, -0.1) is 11.3 Å². The van der Waals surface area contributed by atoms with E-state index in [0.717, 1.165) is 15.4 Å². The third-order valence-corrected chi connectivity index (χ3v) is 5.89. The van der Waals surface area contributed by atoms with E-state index in [0.29, 0.717) is 0 Å². The molecular weight excluding hydrogens is 467 g/mol. The van der Waals surface area contributed by atoms with Gasteiger partial charge in [0.2, 0.25) is 0 Å². The van der Waals surface area contributed by atoms with Gasteiger partial charge in [-0.2, -0.15) is 0 Å². The summed E-state index contributed by atoms with van der Waals surface area (Å²) in [6, 6.07) is 4.70. The number of hydrogen-bond donors (Lipinski definition) is 4. The zero-order valence-electron chi connectivity index (χ0n) is 15.0. The Morgan fingerprint density at radius 3 is 2.45 bits per heavy atom. The van der Waals surface area contributed by atoms with Gasteiger partial charge in [0.05, 0.1) is 17.0 Å². The minimum Gasteiger partial charge on any atom is -0.345 e. The Morgan fingerprint density at radius 1 is 1.38 bits per heavy atom. The number of benzene rings is 1. The summed E-state index contributed by atoms with van der Waals surface area (Å²) in [5, 5.41) is 2.93. The largest absolute Gasteiger partial charge is 0.470 e. The molecule has 0 radical (unpaired) electrons. The highest BCUT2D eigenvalue weighted by atomic mass is 35.5. The first kappa shape index (κ1) is 24.2. The van der Waals surface area contributed by atoms with Gasteiger partial charge in [-0.3, -0.25) is 9.32 Å². The monoisotopic (exact) mass is 485 g/mol. The normalized spacial score (nSPS) is 15.2. The Bertz CT molecular complexity index is 878. The lowest BCUT2D eigenvalue weighted by atomic mass is 10.0. The third-order valence-electron chi connectivity index (χ3n) is 3.75. The highest BCUT2D eigenvalue weighted by Crippen LogP contribution is 2.44. The predicted molar refractivity (Wildman–Crippen MR) is 109 cm³/mol. The lowest BCUT2D eigenvalue weighted by molar-refractivity contribution is -0.121. The molecule has 1 aromatic carbocycles. The van der Waals surface area contributed by atoms with Crippen molar-refractivity contribution in [2.24, 2.45) is 5.73 Å². The SMILES string of the molecule is CC(N)c1ncc(-c2ccc([C@@H](OP(=O)(O)O)[C@@H](CF)NC(=O)C(Cl)Cl)cc2)s1. The number of phosphoric acid groups is 1. The van der Waals surface area contributed by atoms with Crippen molar-refractivity contribution in [3.05, 3.63) is 41.0 Å². The van der Waals surface area contributed by atoms with Crippen LogP contribution in [0.3, 0.4) is 0 Å². The fourth-order valence-corrected chi connectivity index (χ4v) is 3.99. The van der Waals surface area contributed by atoms with Gasteiger partial charge in [-0.05, 0) is 18.1 Å². The molecule has 0 aliphatic rings. The van der Waals surface area contributed by atoms with Crippen LogP contribution < -0.4 is 11.1 Å². The number of rotatable bonds is 9. The third kappa shape index (κ3) is 6.97. The van der Waals surface area contributed by atoms with Crippen LogP contribution in [0.25, 0.3) is 10.4 Å². The van der Waals surface area contributed by atoms with Gasteiger partial charge in [0, 0.05) is 6.20 Å². The van der Waals surface area contributed by atoms with Crippen molar-refractivity contribution in [3.63, 3.8) is 0 Å². The van der Waals surface area contributed by atoms with E-state index in [2.05, 4.69) is 10.3 Å². The first-order chi connectivity index (χ1) is 13.5. The number of phosphoric ester groups is 1. The summed E-state index contributed by atoms with van der Waals surface area (Å²) < 4.78 is 29.7. The van der Waals surface area contributed by atoms with E-state index in [-0.39, 0.29) is 11.6 Å². The average Bonchev–Trinajstić information content (AvgIpc) is 3.14. The zero-order chi connectivity index (χ0) is 21.8. The smallest absolute Gasteiger partial charge is 0.345 e. The number of nitrogens with zero attached hydrogens (tertiary/aromatic N) is 1. The van der Waals surface area contributed by atoms with E-state index in [9.17, 15) is 23.5 Å². The van der Waals surface area contributed by atoms with E-state index < -0.39 is 37.4 Å². The van der Waals surface area contributed by atoms with E-state index in [1.165, 1.54) is 23.5 Å². The molecule has 0 spiro atoms. The van der Waals surface area contributed by atoms with Crippen molar-refractivity contribution in [3.8, 4) is 10.4 Å². The molecule has 5 N–H and O–H groups in total. The second-order valence-electron chi connectivity index (χ2n) is 6.06. The number of amides is 1. The Hall–Kier alpha value is -1.10. The van der Waals surface area contributed by atoms with Crippen LogP contribution in [-0.2, 0) is 13.9 Å². The fraction of sp³-hybridized carbons (Fsp3) is 0.375. The van der Waals surface area contributed by atoms with E-state index in [1.807, 2.05) is 6.92 Å². The Kier molecular flexibility index (Phi) is 8.57. The molecule has 0 bridgehead atoms. The average molecular weight is 486 g/mol. The second kappa shape index (κ2) is 10.3. The first-order valence-electron chi connectivity index (χ1n) is 8.22. The standard InChI is InChI=1S/C16H19Cl2FN3O5PS/c1-8(20)16-21-7-12(29-16)9-2-4-10(5-3-9)13(27-28(24,25)26)11(6-19)22-15(23)14(17)18/h2-5,7-8,11,13-14H,6,20H2,1H3,(H,22,23)(H2,24,25,26)/t8?,11-,13-/m1/s1. The van der Waals surface area contributed by atoms with Gasteiger partial charge in [0.25, 0.3) is 5.91 Å². The zero-order valence-corrected chi connectivity index (χ0v) is 18.3. The van der Waals surface area contributed by atoms with Crippen molar-refractivity contribution in [2.45, 2.75) is 29.9 Å². The molecule has 1 heterocycles. The number of hydrogen-bond acceptors (Lipinski definition) is 6. The maximum Gasteiger partial charge on any atom is 0.470 e. The Labute approximate surface area is 180 Å². The topological polar surface area (TPSA) is 135 Å². The molecule has 3 atom stereocenters. The maximum absolute atomic E-state index is 13.6. The number of carbonyl (C=O) groups excluding carboxylic acids is 1. The van der Waals surface area contributed by atoms with E-state index in [1.54, 1.807) is 18.3 Å². The highest BCUT2D eigenvalue weighted by molar-refractivity contribution is 7.46. The molecule has 2 aromatic rings. The van der Waals surface area contributed by atoms with E-state index >= 15 is 0 Å². The van der Waals surface area contributed by atoms with Crippen LogP contribution >= 0.6 is 42.4 Å². The molecular formula is C16H19Cl2FN3O5PS. The molecule has 0 saturated heterocycles. The van der Waals surface area contributed by atoms with Crippen molar-refractivity contribution >= 4 is 48.3 Å². The summed E-state index contributed by atoms with van der Waals surface area (Å²) in [5.74, 6) is -0.917. The lowest BCUT2D eigenvalue weighted by Gasteiger charge is -2.27. The van der Waals surface area contributed by atoms with Crippen LogP contribution in [0.5, 0.6) is 0 Å². The minimum atomic E-state index is -5.00. The van der Waals surface area contributed by atoms with Crippen LogP contribution in [0.1, 0.15) is 29.6 Å². The lowest BCUT2D eigenvalue weighted by Crippen LogP contribution is -2.43. The molecule has 0 aliphatic carbocycles. The molecule has 1 aromatic heterocycles. The predicted octanol–water partition coefficient (Wildman–Crippen LogP) is 3.24. The van der Waals surface area contributed by atoms with Gasteiger partial charge in [0.15, 0.2) is 4.84 Å². The molecule has 13 heteroatoms. The molecule has 160 valence electrons. The van der Waals surface area contributed by atoms with Gasteiger partial charge in [-0.1, -0.05) is 47.5 Å². The summed E-state index contributed by atoms with van der Waals surface area (Å²) in [7, 11) is -5.00. The quantitative estimate of drug-likeness (QED) is 0.316. The number of aromatic nitrogens is 1. The molecule has 2 rings (SSSR count). The minimum absolute atomic E-state index is 0.212. The molecule has 1 amide bonds. The van der Waals surface area contributed by atoms with Gasteiger partial charge in [-0.25, -0.2) is 13.9 Å². The fourth-order valence-electron chi connectivity index (χ4n) is 2.42. The van der Waals surface area contributed by atoms with Gasteiger partial charge < -0.3 is 20.8 Å². The molecule has 0 fully saturated rings. The van der Waals surface area contributed by atoms with E-state index in [4.69, 9.17) is 33.5 Å². The van der Waals surface area contributed by atoms with Crippen LogP contribution in [0.15, 0.2) is 30.5 Å². The summed E-state index contributed by atoms with van der Waals surface area (Å²) >= 11 is 12.3. The molecule has 0 saturated carbocycles. The molecule has 29 heavy (non-hydrogen) atoms. The Morgan fingerprint density at radius 2 is 2.00 bits per heavy atom. The Balaban J connectivity index is 2.32. The van der Waals surface area contributed by atoms with Crippen molar-refractivity contribution in [1.82, 2.24) is 10.3 Å². The van der Waals surface area contributed by atoms with Crippen LogP contribution in [-0.4, -0.2) is 38.2 Å². The maximum atomic E-state index is 13.6. The van der Waals surface area contributed by atoms with Crippen molar-refractivity contribution in [1.29, 1.82) is 0 Å². The number of halogens is 3.